The molecular formula is C16H18N6O2. The van der Waals surface area contributed by atoms with Crippen LogP contribution in [0.2, 0.25) is 0 Å². The van der Waals surface area contributed by atoms with E-state index in [4.69, 9.17) is 0 Å². The average molecular weight is 326 g/mol. The molecule has 0 aliphatic heterocycles. The number of aromatic nitrogens is 4. The number of aryl methyl sites for hydroxylation is 2. The molecule has 2 heterocycles. The molecule has 0 saturated carbocycles. The molecule has 0 aliphatic carbocycles. The van der Waals surface area contributed by atoms with Gasteiger partial charge in [0.25, 0.3) is 11.3 Å². The van der Waals surface area contributed by atoms with Crippen LogP contribution in [-0.4, -0.2) is 25.6 Å². The summed E-state index contributed by atoms with van der Waals surface area (Å²) in [5.41, 5.74) is 1.97. The van der Waals surface area contributed by atoms with Gasteiger partial charge in [0.1, 0.15) is 12.0 Å². The molecular weight excluding hydrogens is 308 g/mol. The highest BCUT2D eigenvalue weighted by Gasteiger charge is 2.16. The molecule has 0 saturated heterocycles. The van der Waals surface area contributed by atoms with E-state index in [1.54, 1.807) is 6.07 Å². The van der Waals surface area contributed by atoms with Crippen molar-refractivity contribution in [3.8, 4) is 0 Å². The number of H-pyrrole nitrogens is 1. The van der Waals surface area contributed by atoms with Gasteiger partial charge < -0.3 is 10.6 Å². The van der Waals surface area contributed by atoms with Gasteiger partial charge in [-0.25, -0.2) is 14.8 Å². The highest BCUT2D eigenvalue weighted by Crippen LogP contribution is 2.13. The second-order valence-corrected chi connectivity index (χ2v) is 5.46. The largest absolute Gasteiger partial charge is 0.323 e. The molecule has 3 aromatic rings. The number of carbonyl (C=O) groups is 1. The Kier molecular flexibility index (Phi) is 4.28. The predicted molar refractivity (Wildman–Crippen MR) is 91.4 cm³/mol. The lowest BCUT2D eigenvalue weighted by molar-refractivity contribution is 0.262. The lowest BCUT2D eigenvalue weighted by Gasteiger charge is -2.11. The summed E-state index contributed by atoms with van der Waals surface area (Å²) < 4.78 is 1.20. The quantitative estimate of drug-likeness (QED) is 0.684. The second-order valence-electron chi connectivity index (χ2n) is 5.46. The fourth-order valence-corrected chi connectivity index (χ4v) is 2.44. The third-order valence-corrected chi connectivity index (χ3v) is 3.51. The summed E-state index contributed by atoms with van der Waals surface area (Å²) in [7, 11) is 0. The summed E-state index contributed by atoms with van der Waals surface area (Å²) >= 11 is 0. The van der Waals surface area contributed by atoms with Gasteiger partial charge in [0.15, 0.2) is 0 Å². The standard InChI is InChI=1S/C16H18N6O2/c1-3-5-12-13(14(23)22-15(20-12)17-9-18-22)21-16(24)19-11-7-4-6-10(2)8-11/h4,6-9H,3,5H2,1-2H3,(H,17,18,20)(H2,19,21,24). The molecule has 0 fully saturated rings. The molecule has 0 atom stereocenters. The SMILES string of the molecule is CCCc1nc2nc[nH]n2c(=O)c1NC(=O)Nc1cccc(C)c1. The zero-order valence-electron chi connectivity index (χ0n) is 13.5. The Morgan fingerprint density at radius 2 is 2.17 bits per heavy atom. The van der Waals surface area contributed by atoms with E-state index in [0.717, 1.165) is 12.0 Å². The zero-order chi connectivity index (χ0) is 17.1. The summed E-state index contributed by atoms with van der Waals surface area (Å²) in [6, 6.07) is 6.92. The molecule has 8 heteroatoms. The monoisotopic (exact) mass is 326 g/mol. The van der Waals surface area contributed by atoms with Crippen molar-refractivity contribution >= 4 is 23.2 Å². The lowest BCUT2D eigenvalue weighted by atomic mass is 10.2. The minimum atomic E-state index is -0.490. The van der Waals surface area contributed by atoms with E-state index in [0.29, 0.717) is 17.8 Å². The van der Waals surface area contributed by atoms with Gasteiger partial charge in [0, 0.05) is 5.69 Å². The Morgan fingerprint density at radius 1 is 1.33 bits per heavy atom. The van der Waals surface area contributed by atoms with E-state index < -0.39 is 6.03 Å². The summed E-state index contributed by atoms with van der Waals surface area (Å²) in [5, 5.41) is 8.02. The summed E-state index contributed by atoms with van der Waals surface area (Å²) in [6.45, 7) is 3.91. The molecule has 124 valence electrons. The highest BCUT2D eigenvalue weighted by atomic mass is 16.2. The molecule has 0 unspecified atom stereocenters. The third kappa shape index (κ3) is 3.12. The van der Waals surface area contributed by atoms with Gasteiger partial charge >= 0.3 is 6.03 Å². The van der Waals surface area contributed by atoms with Crippen molar-refractivity contribution < 1.29 is 4.79 Å². The van der Waals surface area contributed by atoms with Gasteiger partial charge in [0.05, 0.1) is 5.69 Å². The number of hydrogen-bond acceptors (Lipinski definition) is 4. The maximum atomic E-state index is 12.5. The van der Waals surface area contributed by atoms with Crippen molar-refractivity contribution in [2.45, 2.75) is 26.7 Å². The van der Waals surface area contributed by atoms with E-state index >= 15 is 0 Å². The van der Waals surface area contributed by atoms with Gasteiger partial charge in [-0.3, -0.25) is 9.89 Å². The molecule has 8 nitrogen and oxygen atoms in total. The number of amides is 2. The number of nitrogens with one attached hydrogen (secondary N) is 3. The number of hydrogen-bond donors (Lipinski definition) is 3. The lowest BCUT2D eigenvalue weighted by Crippen LogP contribution is -2.28. The molecule has 2 aromatic heterocycles. The van der Waals surface area contributed by atoms with Gasteiger partial charge in [-0.2, -0.15) is 4.52 Å². The molecule has 1 aromatic carbocycles. The van der Waals surface area contributed by atoms with E-state index in [9.17, 15) is 9.59 Å². The van der Waals surface area contributed by atoms with Crippen LogP contribution < -0.4 is 16.2 Å². The van der Waals surface area contributed by atoms with Crippen molar-refractivity contribution in [2.24, 2.45) is 0 Å². The average Bonchev–Trinajstić information content (AvgIpc) is 3.00. The smallest absolute Gasteiger partial charge is 0.308 e. The van der Waals surface area contributed by atoms with Crippen LogP contribution in [0.1, 0.15) is 24.6 Å². The minimum Gasteiger partial charge on any atom is -0.308 e. The number of aromatic amines is 1. The van der Waals surface area contributed by atoms with Crippen LogP contribution in [0.3, 0.4) is 0 Å². The van der Waals surface area contributed by atoms with E-state index in [2.05, 4.69) is 25.7 Å². The Bertz CT molecular complexity index is 943. The normalized spacial score (nSPS) is 10.8. The van der Waals surface area contributed by atoms with E-state index in [1.807, 2.05) is 32.0 Å². The summed E-state index contributed by atoms with van der Waals surface area (Å²) in [5.74, 6) is 0.285. The maximum Gasteiger partial charge on any atom is 0.323 e. The van der Waals surface area contributed by atoms with E-state index in [-0.39, 0.29) is 17.0 Å². The Hall–Kier alpha value is -3.16. The topological polar surface area (TPSA) is 104 Å². The van der Waals surface area contributed by atoms with Crippen LogP contribution in [-0.2, 0) is 6.42 Å². The van der Waals surface area contributed by atoms with Crippen molar-refractivity contribution in [3.05, 3.63) is 52.2 Å². The molecule has 3 N–H and O–H groups in total. The summed E-state index contributed by atoms with van der Waals surface area (Å²) in [4.78, 5) is 33.1. The molecule has 3 rings (SSSR count). The fraction of sp³-hybridized carbons (Fsp3) is 0.250. The van der Waals surface area contributed by atoms with E-state index in [1.165, 1.54) is 10.8 Å². The highest BCUT2D eigenvalue weighted by molar-refractivity contribution is 6.00. The molecule has 0 bridgehead atoms. The second kappa shape index (κ2) is 6.53. The van der Waals surface area contributed by atoms with Crippen molar-refractivity contribution in [1.82, 2.24) is 19.6 Å². The van der Waals surface area contributed by atoms with Gasteiger partial charge in [-0.1, -0.05) is 25.5 Å². The molecule has 0 radical (unpaired) electrons. The first-order valence-electron chi connectivity index (χ1n) is 7.68. The van der Waals surface area contributed by atoms with Gasteiger partial charge in [0.2, 0.25) is 0 Å². The number of fused-ring (bicyclic) bond motifs is 1. The van der Waals surface area contributed by atoms with Crippen molar-refractivity contribution in [2.75, 3.05) is 10.6 Å². The van der Waals surface area contributed by atoms with Crippen molar-refractivity contribution in [3.63, 3.8) is 0 Å². The van der Waals surface area contributed by atoms with Gasteiger partial charge in [-0.15, -0.1) is 0 Å². The molecule has 2 amide bonds. The number of urea groups is 1. The Morgan fingerprint density at radius 3 is 2.92 bits per heavy atom. The van der Waals surface area contributed by atoms with Crippen LogP contribution in [0.15, 0.2) is 35.4 Å². The number of nitrogens with zero attached hydrogens (tertiary/aromatic N) is 3. The fourth-order valence-electron chi connectivity index (χ4n) is 2.44. The molecule has 24 heavy (non-hydrogen) atoms. The first-order valence-corrected chi connectivity index (χ1v) is 7.68. The van der Waals surface area contributed by atoms with Crippen LogP contribution in [0.4, 0.5) is 16.2 Å². The number of anilines is 2. The van der Waals surface area contributed by atoms with Gasteiger partial charge in [-0.05, 0) is 31.0 Å². The zero-order valence-corrected chi connectivity index (χ0v) is 13.5. The van der Waals surface area contributed by atoms with Crippen molar-refractivity contribution in [1.29, 1.82) is 0 Å². The van der Waals surface area contributed by atoms with Crippen LogP contribution in [0, 0.1) is 6.92 Å². The third-order valence-electron chi connectivity index (χ3n) is 3.51. The maximum absolute atomic E-state index is 12.5. The summed E-state index contributed by atoms with van der Waals surface area (Å²) in [6.07, 6.45) is 2.75. The number of carbonyl (C=O) groups excluding carboxylic acids is 1. The van der Waals surface area contributed by atoms with Crippen LogP contribution >= 0.6 is 0 Å². The number of rotatable bonds is 4. The Labute approximate surface area is 137 Å². The Balaban J connectivity index is 1.90. The van der Waals surface area contributed by atoms with Crippen LogP contribution in [0.25, 0.3) is 5.78 Å². The first-order chi connectivity index (χ1) is 11.6. The minimum absolute atomic E-state index is 0.156. The molecule has 0 spiro atoms. The first kappa shape index (κ1) is 15.7. The molecule has 0 aliphatic rings. The van der Waals surface area contributed by atoms with Crippen LogP contribution in [0.5, 0.6) is 0 Å². The number of benzene rings is 1. The predicted octanol–water partition coefficient (Wildman–Crippen LogP) is 2.32.